The van der Waals surface area contributed by atoms with Crippen molar-refractivity contribution < 1.29 is 13.9 Å². The number of aliphatic imine (C=N–C) groups is 2. The molecule has 0 unspecified atom stereocenters. The summed E-state index contributed by atoms with van der Waals surface area (Å²) in [5, 5.41) is 3.48. The highest BCUT2D eigenvalue weighted by Crippen LogP contribution is 2.25. The van der Waals surface area contributed by atoms with Crippen LogP contribution in [0.3, 0.4) is 0 Å². The first-order valence-corrected chi connectivity index (χ1v) is 10.3. The van der Waals surface area contributed by atoms with E-state index in [0.717, 1.165) is 29.7 Å². The van der Waals surface area contributed by atoms with Crippen LogP contribution in [0.25, 0.3) is 11.0 Å². The summed E-state index contributed by atoms with van der Waals surface area (Å²) in [5.74, 6) is 0. The molecule has 0 radical (unpaired) electrons. The van der Waals surface area contributed by atoms with Crippen molar-refractivity contribution in [2.75, 3.05) is 31.1 Å². The van der Waals surface area contributed by atoms with E-state index in [4.69, 9.17) is 9.15 Å². The molecule has 8 heteroatoms. The van der Waals surface area contributed by atoms with Crippen LogP contribution in [0.4, 0.5) is 10.5 Å². The van der Waals surface area contributed by atoms with Crippen LogP contribution in [0.1, 0.15) is 31.9 Å². The summed E-state index contributed by atoms with van der Waals surface area (Å²) >= 11 is 0. The number of ether oxygens (including phenoxy) is 1. The predicted octanol–water partition coefficient (Wildman–Crippen LogP) is 3.85. The van der Waals surface area contributed by atoms with Gasteiger partial charge >= 0.3 is 11.7 Å². The number of nitrogens with zero attached hydrogens (tertiary/aromatic N) is 3. The normalized spacial score (nSPS) is 11.7. The number of hydrogen-bond acceptors (Lipinski definition) is 6. The van der Waals surface area contributed by atoms with Gasteiger partial charge in [0.05, 0.1) is 18.8 Å². The van der Waals surface area contributed by atoms with Crippen LogP contribution < -0.4 is 15.8 Å². The van der Waals surface area contributed by atoms with E-state index in [1.807, 2.05) is 25.1 Å². The van der Waals surface area contributed by atoms with Gasteiger partial charge < -0.3 is 19.4 Å². The molecule has 166 valence electrons. The molecule has 1 amide bonds. The molecule has 0 atom stereocenters. The van der Waals surface area contributed by atoms with Crippen molar-refractivity contribution in [3.05, 3.63) is 51.5 Å². The third kappa shape index (κ3) is 6.28. The van der Waals surface area contributed by atoms with Crippen LogP contribution in [0.15, 0.2) is 49.2 Å². The van der Waals surface area contributed by atoms with Crippen LogP contribution in [-0.2, 0) is 11.2 Å². The highest BCUT2D eigenvalue weighted by molar-refractivity contribution is 5.84. The number of alkyl carbamates (subject to hydrolysis) is 1. The first kappa shape index (κ1) is 23.9. The van der Waals surface area contributed by atoms with Gasteiger partial charge in [-0.05, 0) is 52.1 Å². The molecule has 0 aliphatic carbocycles. The molecule has 0 saturated heterocycles. The third-order valence-electron chi connectivity index (χ3n) is 5.04. The van der Waals surface area contributed by atoms with Gasteiger partial charge in [-0.2, -0.15) is 0 Å². The molecule has 1 N–H and O–H groups in total. The highest BCUT2D eigenvalue weighted by atomic mass is 16.5. The molecule has 1 aromatic carbocycles. The number of carbonyl (C=O) groups excluding carboxylic acids is 1. The SMILES string of the molecule is C=N/C=N\C(=C/C)CNC(=O)OCCc1c(C)c2ccc(N(CC)CC)cc2oc1=O. The molecule has 0 spiro atoms. The Balaban J connectivity index is 2.04. The Morgan fingerprint density at radius 3 is 2.71 bits per heavy atom. The smallest absolute Gasteiger partial charge is 0.407 e. The third-order valence-corrected chi connectivity index (χ3v) is 5.04. The molecule has 2 aromatic rings. The van der Waals surface area contributed by atoms with E-state index in [1.54, 1.807) is 13.0 Å². The number of aryl methyl sites for hydroxylation is 1. The minimum atomic E-state index is -0.590. The maximum atomic E-state index is 12.5. The topological polar surface area (TPSA) is 96.5 Å². The lowest BCUT2D eigenvalue weighted by atomic mass is 10.0. The Bertz CT molecular complexity index is 1040. The van der Waals surface area contributed by atoms with E-state index in [-0.39, 0.29) is 19.6 Å². The van der Waals surface area contributed by atoms with Crippen molar-refractivity contribution in [3.8, 4) is 0 Å². The maximum Gasteiger partial charge on any atom is 0.407 e. The molecule has 31 heavy (non-hydrogen) atoms. The lowest BCUT2D eigenvalue weighted by Crippen LogP contribution is -2.27. The fourth-order valence-corrected chi connectivity index (χ4v) is 3.25. The monoisotopic (exact) mass is 426 g/mol. The van der Waals surface area contributed by atoms with Crippen LogP contribution in [0.2, 0.25) is 0 Å². The fourth-order valence-electron chi connectivity index (χ4n) is 3.25. The Morgan fingerprint density at radius 2 is 2.06 bits per heavy atom. The Hall–Kier alpha value is -3.42. The number of allylic oxidation sites excluding steroid dienone is 1. The van der Waals surface area contributed by atoms with Crippen molar-refractivity contribution in [1.29, 1.82) is 0 Å². The van der Waals surface area contributed by atoms with E-state index >= 15 is 0 Å². The number of rotatable bonds is 10. The molecule has 0 aliphatic rings. The van der Waals surface area contributed by atoms with Gasteiger partial charge in [0.25, 0.3) is 0 Å². The maximum absolute atomic E-state index is 12.5. The largest absolute Gasteiger partial charge is 0.449 e. The average Bonchev–Trinajstić information content (AvgIpc) is 2.76. The number of amides is 1. The number of anilines is 1. The zero-order chi connectivity index (χ0) is 22.8. The molecule has 0 fully saturated rings. The Labute approximate surface area is 182 Å². The number of fused-ring (bicyclic) bond motifs is 1. The summed E-state index contributed by atoms with van der Waals surface area (Å²) in [5.41, 5.74) is 3.13. The summed E-state index contributed by atoms with van der Waals surface area (Å²) in [4.78, 5) is 34.2. The Kier molecular flexibility index (Phi) is 8.99. The molecule has 1 heterocycles. The van der Waals surface area contributed by atoms with Crippen molar-refractivity contribution in [1.82, 2.24) is 5.32 Å². The van der Waals surface area contributed by atoms with Gasteiger partial charge in [-0.25, -0.2) is 14.6 Å². The second kappa shape index (κ2) is 11.7. The first-order chi connectivity index (χ1) is 14.9. The van der Waals surface area contributed by atoms with Crippen LogP contribution >= 0.6 is 0 Å². The number of nitrogens with one attached hydrogen (secondary N) is 1. The second-order valence-electron chi connectivity index (χ2n) is 6.79. The summed E-state index contributed by atoms with van der Waals surface area (Å²) in [6.07, 6.45) is 2.73. The molecule has 0 aliphatic heterocycles. The van der Waals surface area contributed by atoms with Crippen molar-refractivity contribution in [3.63, 3.8) is 0 Å². The first-order valence-electron chi connectivity index (χ1n) is 10.3. The number of hydrogen-bond donors (Lipinski definition) is 1. The molecule has 0 bridgehead atoms. The molecule has 1 aromatic heterocycles. The van der Waals surface area contributed by atoms with Gasteiger partial charge in [0, 0.05) is 42.2 Å². The van der Waals surface area contributed by atoms with Gasteiger partial charge in [-0.1, -0.05) is 6.08 Å². The van der Waals surface area contributed by atoms with Gasteiger partial charge in [0.1, 0.15) is 11.9 Å². The van der Waals surface area contributed by atoms with Crippen LogP contribution in [0, 0.1) is 6.92 Å². The minimum Gasteiger partial charge on any atom is -0.449 e. The summed E-state index contributed by atoms with van der Waals surface area (Å²) in [6, 6.07) is 5.89. The van der Waals surface area contributed by atoms with E-state index in [1.165, 1.54) is 6.34 Å². The van der Waals surface area contributed by atoms with Gasteiger partial charge in [-0.3, -0.25) is 4.99 Å². The van der Waals surface area contributed by atoms with E-state index in [9.17, 15) is 9.59 Å². The van der Waals surface area contributed by atoms with Gasteiger partial charge in [0.15, 0.2) is 0 Å². The summed E-state index contributed by atoms with van der Waals surface area (Å²) in [6.45, 7) is 13.2. The minimum absolute atomic E-state index is 0.0587. The quantitative estimate of drug-likeness (QED) is 0.354. The predicted molar refractivity (Wildman–Crippen MR) is 126 cm³/mol. The standard InChI is InChI=1S/C23H30N4O4/c1-6-17(26-15-24-5)14-25-23(29)30-12-11-20-16(4)19-10-9-18(27(7-2)8-3)13-21(19)31-22(20)28/h6,9-10,13,15H,5,7-8,11-12,14H2,1-4H3,(H,25,29)/b17-6-,26-15-. The zero-order valence-corrected chi connectivity index (χ0v) is 18.6. The molecular formula is C23H30N4O4. The second-order valence-corrected chi connectivity index (χ2v) is 6.79. The molecular weight excluding hydrogens is 396 g/mol. The fraction of sp³-hybridized carbons (Fsp3) is 0.391. The van der Waals surface area contributed by atoms with Gasteiger partial charge in [-0.15, -0.1) is 0 Å². The lowest BCUT2D eigenvalue weighted by molar-refractivity contribution is 0.148. The van der Waals surface area contributed by atoms with Gasteiger partial charge in [0.2, 0.25) is 0 Å². The van der Waals surface area contributed by atoms with Crippen molar-refractivity contribution >= 4 is 35.8 Å². The van der Waals surface area contributed by atoms with E-state index in [2.05, 4.69) is 40.8 Å². The Morgan fingerprint density at radius 1 is 1.32 bits per heavy atom. The summed E-state index contributed by atoms with van der Waals surface area (Å²) in [7, 11) is 0. The van der Waals surface area contributed by atoms with Crippen molar-refractivity contribution in [2.45, 2.75) is 34.1 Å². The highest BCUT2D eigenvalue weighted by Gasteiger charge is 2.14. The molecule has 8 nitrogen and oxygen atoms in total. The molecule has 2 rings (SSSR count). The lowest BCUT2D eigenvalue weighted by Gasteiger charge is -2.21. The van der Waals surface area contributed by atoms with Crippen molar-refractivity contribution in [2.24, 2.45) is 9.98 Å². The van der Waals surface area contributed by atoms with Crippen LogP contribution in [-0.4, -0.2) is 45.4 Å². The van der Waals surface area contributed by atoms with Crippen LogP contribution in [0.5, 0.6) is 0 Å². The number of benzene rings is 1. The zero-order valence-electron chi connectivity index (χ0n) is 18.6. The van der Waals surface area contributed by atoms with E-state index < -0.39 is 11.7 Å². The molecule has 0 saturated carbocycles. The van der Waals surface area contributed by atoms with E-state index in [0.29, 0.717) is 16.8 Å². The average molecular weight is 427 g/mol. The summed E-state index contributed by atoms with van der Waals surface area (Å²) < 4.78 is 10.8. The number of carbonyl (C=O) groups is 1.